The van der Waals surface area contributed by atoms with E-state index in [1.165, 1.54) is 111 Å². The number of fused-ring (bicyclic) bond motifs is 1. The molecule has 1 nitrogen and oxygen atoms in total. The third-order valence-electron chi connectivity index (χ3n) is 5.48. The molecule has 0 saturated carbocycles. The number of nitrogens with zero attached hydrogens (tertiary/aromatic N) is 1. The molecule has 0 aliphatic carbocycles. The van der Waals surface area contributed by atoms with E-state index in [0.717, 1.165) is 0 Å². The summed E-state index contributed by atoms with van der Waals surface area (Å²) in [6.07, 6.45) is 22.2. The summed E-state index contributed by atoms with van der Waals surface area (Å²) in [4.78, 5) is 0. The number of thioether (sulfide) groups is 1. The second kappa shape index (κ2) is 14.5. The van der Waals surface area contributed by atoms with Crippen LogP contribution in [0.1, 0.15) is 96.8 Å². The fourth-order valence-electron chi connectivity index (χ4n) is 3.84. The van der Waals surface area contributed by atoms with E-state index in [4.69, 9.17) is 0 Å². The highest BCUT2D eigenvalue weighted by molar-refractivity contribution is 8.00. The molecule has 0 aliphatic heterocycles. The van der Waals surface area contributed by atoms with E-state index < -0.39 is 0 Å². The number of aromatic nitrogens is 1. The molecule has 2 aromatic rings. The van der Waals surface area contributed by atoms with E-state index in [-0.39, 0.29) is 0 Å². The molecule has 0 fully saturated rings. The Morgan fingerprint density at radius 1 is 0.741 bits per heavy atom. The molecule has 0 amide bonds. The van der Waals surface area contributed by atoms with Crippen molar-refractivity contribution in [2.75, 3.05) is 6.26 Å². The van der Waals surface area contributed by atoms with Crippen molar-refractivity contribution in [3.05, 3.63) is 24.3 Å². The smallest absolute Gasteiger partial charge is 0.176 e. The summed E-state index contributed by atoms with van der Waals surface area (Å²) >= 11 is 3.83. The summed E-state index contributed by atoms with van der Waals surface area (Å²) in [7, 11) is 0. The molecule has 0 unspecified atom stereocenters. The minimum absolute atomic E-state index is 1.18. The molecule has 3 heteroatoms. The summed E-state index contributed by atoms with van der Waals surface area (Å²) < 4.78 is 5.41. The Bertz CT molecular complexity index is 620. The Morgan fingerprint density at radius 2 is 1.26 bits per heavy atom. The fourth-order valence-corrected chi connectivity index (χ4v) is 5.77. The monoisotopic (exact) mass is 406 g/mol. The second-order valence-electron chi connectivity index (χ2n) is 7.79. The van der Waals surface area contributed by atoms with Crippen molar-refractivity contribution in [2.45, 2.75) is 108 Å². The van der Waals surface area contributed by atoms with Crippen LogP contribution >= 0.6 is 23.1 Å². The molecule has 2 rings (SSSR count). The van der Waals surface area contributed by atoms with Gasteiger partial charge >= 0.3 is 0 Å². The van der Waals surface area contributed by atoms with Crippen LogP contribution < -0.4 is 4.57 Å². The Balaban J connectivity index is 1.47. The molecule has 0 aliphatic rings. The molecule has 1 heterocycles. The Kier molecular flexibility index (Phi) is 12.2. The lowest BCUT2D eigenvalue weighted by Crippen LogP contribution is -2.34. The molecule has 27 heavy (non-hydrogen) atoms. The quantitative estimate of drug-likeness (QED) is 0.154. The molecule has 1 aromatic heterocycles. The largest absolute Gasteiger partial charge is 0.298 e. The maximum atomic E-state index is 2.53. The van der Waals surface area contributed by atoms with Gasteiger partial charge in [-0.1, -0.05) is 107 Å². The SMILES string of the molecule is CCCCCCCCCCCCCCCC[n+]1c(SC)sc2ccccc21. The van der Waals surface area contributed by atoms with Crippen molar-refractivity contribution in [1.82, 2.24) is 0 Å². The highest BCUT2D eigenvalue weighted by Gasteiger charge is 2.18. The average molecular weight is 407 g/mol. The van der Waals surface area contributed by atoms with Crippen molar-refractivity contribution in [2.24, 2.45) is 0 Å². The summed E-state index contributed by atoms with van der Waals surface area (Å²) in [6, 6.07) is 8.84. The van der Waals surface area contributed by atoms with Gasteiger partial charge in [-0.05, 0) is 30.5 Å². The minimum Gasteiger partial charge on any atom is -0.176 e. The first kappa shape index (κ1) is 22.7. The molecule has 0 radical (unpaired) electrons. The molecule has 0 bridgehead atoms. The zero-order chi connectivity index (χ0) is 19.2. The maximum absolute atomic E-state index is 2.53. The lowest BCUT2D eigenvalue weighted by atomic mass is 10.0. The number of hydrogen-bond acceptors (Lipinski definition) is 2. The van der Waals surface area contributed by atoms with Gasteiger partial charge in [-0.2, -0.15) is 4.57 Å². The molecule has 0 atom stereocenters. The van der Waals surface area contributed by atoms with E-state index in [1.54, 1.807) is 0 Å². The predicted octanol–water partition coefficient (Wildman–Crippen LogP) is 8.39. The normalized spacial score (nSPS) is 11.5. The van der Waals surface area contributed by atoms with Crippen molar-refractivity contribution in [3.63, 3.8) is 0 Å². The van der Waals surface area contributed by atoms with Gasteiger partial charge in [-0.3, -0.25) is 0 Å². The van der Waals surface area contributed by atoms with Crippen LogP contribution in [0.25, 0.3) is 10.2 Å². The topological polar surface area (TPSA) is 3.88 Å². The number of hydrogen-bond donors (Lipinski definition) is 0. The summed E-state index contributed by atoms with van der Waals surface area (Å²) in [5.74, 6) is 0. The summed E-state index contributed by atoms with van der Waals surface area (Å²) in [6.45, 7) is 3.47. The van der Waals surface area contributed by atoms with Crippen molar-refractivity contribution in [1.29, 1.82) is 0 Å². The van der Waals surface area contributed by atoms with Gasteiger partial charge in [0.25, 0.3) is 4.34 Å². The number of unbranched alkanes of at least 4 members (excludes halogenated alkanes) is 13. The lowest BCUT2D eigenvalue weighted by Gasteiger charge is -2.03. The van der Waals surface area contributed by atoms with Crippen molar-refractivity contribution >= 4 is 33.3 Å². The van der Waals surface area contributed by atoms with Gasteiger partial charge < -0.3 is 0 Å². The zero-order valence-corrected chi connectivity index (χ0v) is 19.3. The van der Waals surface area contributed by atoms with Crippen LogP contribution in [0.5, 0.6) is 0 Å². The predicted molar refractivity (Wildman–Crippen MR) is 124 cm³/mol. The Morgan fingerprint density at radius 3 is 1.81 bits per heavy atom. The molecular weight excluding hydrogens is 366 g/mol. The van der Waals surface area contributed by atoms with E-state index in [9.17, 15) is 0 Å². The van der Waals surface area contributed by atoms with Crippen molar-refractivity contribution < 1.29 is 4.57 Å². The third kappa shape index (κ3) is 8.56. The highest BCUT2D eigenvalue weighted by Crippen LogP contribution is 2.26. The van der Waals surface area contributed by atoms with Gasteiger partial charge in [0.2, 0.25) is 5.52 Å². The highest BCUT2D eigenvalue weighted by atomic mass is 32.2. The summed E-state index contributed by atoms with van der Waals surface area (Å²) in [5, 5.41) is 0. The van der Waals surface area contributed by atoms with E-state index in [2.05, 4.69) is 42.0 Å². The van der Waals surface area contributed by atoms with Crippen LogP contribution in [0.3, 0.4) is 0 Å². The van der Waals surface area contributed by atoms with Crippen LogP contribution in [0.2, 0.25) is 0 Å². The molecule has 0 saturated heterocycles. The number of thiazole rings is 1. The fraction of sp³-hybridized carbons (Fsp3) is 0.708. The summed E-state index contributed by atoms with van der Waals surface area (Å²) in [5.41, 5.74) is 1.42. The van der Waals surface area contributed by atoms with Gasteiger partial charge in [0.15, 0.2) is 6.54 Å². The minimum atomic E-state index is 1.18. The maximum Gasteiger partial charge on any atom is 0.298 e. The number of aryl methyl sites for hydroxylation is 1. The number of benzene rings is 1. The first-order valence-electron chi connectivity index (χ1n) is 11.3. The van der Waals surface area contributed by atoms with Gasteiger partial charge in [-0.25, -0.2) is 0 Å². The standard InChI is InChI=1S/C24H40NS2/c1-3-4-5-6-7-8-9-10-11-12-13-14-15-18-21-25-22-19-16-17-20-23(22)27-24(25)26-2/h16-17,19-20H,3-15,18,21H2,1-2H3/q+1. The van der Waals surface area contributed by atoms with Crippen LogP contribution in [0, 0.1) is 0 Å². The van der Waals surface area contributed by atoms with Gasteiger partial charge in [-0.15, -0.1) is 0 Å². The van der Waals surface area contributed by atoms with E-state index in [1.807, 2.05) is 23.1 Å². The Hall–Kier alpha value is -0.540. The van der Waals surface area contributed by atoms with E-state index in [0.29, 0.717) is 0 Å². The van der Waals surface area contributed by atoms with Crippen LogP contribution in [-0.2, 0) is 6.54 Å². The van der Waals surface area contributed by atoms with Crippen LogP contribution in [0.15, 0.2) is 28.6 Å². The van der Waals surface area contributed by atoms with Gasteiger partial charge in [0, 0.05) is 12.5 Å². The molecule has 1 aromatic carbocycles. The van der Waals surface area contributed by atoms with Crippen LogP contribution in [0.4, 0.5) is 0 Å². The first-order valence-corrected chi connectivity index (χ1v) is 13.4. The number of rotatable bonds is 16. The van der Waals surface area contributed by atoms with Crippen LogP contribution in [-0.4, -0.2) is 6.26 Å². The lowest BCUT2D eigenvalue weighted by molar-refractivity contribution is -0.702. The average Bonchev–Trinajstić information content (AvgIpc) is 3.06. The van der Waals surface area contributed by atoms with Gasteiger partial charge in [0.05, 0.1) is 0 Å². The molecule has 152 valence electrons. The first-order chi connectivity index (χ1) is 13.4. The van der Waals surface area contributed by atoms with Gasteiger partial charge in [0.1, 0.15) is 4.70 Å². The zero-order valence-electron chi connectivity index (χ0n) is 17.7. The van der Waals surface area contributed by atoms with E-state index >= 15 is 0 Å². The molecule has 0 N–H and O–H groups in total. The second-order valence-corrected chi connectivity index (χ2v) is 9.87. The molecular formula is C24H40NS2+. The number of para-hydroxylation sites is 1. The van der Waals surface area contributed by atoms with Crippen molar-refractivity contribution in [3.8, 4) is 0 Å². The molecule has 0 spiro atoms. The third-order valence-corrected chi connectivity index (χ3v) is 7.76. The Labute approximate surface area is 176 Å².